The van der Waals surface area contributed by atoms with Crippen LogP contribution in [-0.2, 0) is 23.3 Å². The maximum Gasteiger partial charge on any atom is 0.437 e. The molecule has 0 saturated carbocycles. The summed E-state index contributed by atoms with van der Waals surface area (Å²) in [5.41, 5.74) is -4.62. The van der Waals surface area contributed by atoms with E-state index in [2.05, 4.69) is 10.3 Å². The van der Waals surface area contributed by atoms with Crippen LogP contribution in [0.1, 0.15) is 28.9 Å². The van der Waals surface area contributed by atoms with Crippen LogP contribution in [0, 0.1) is 6.92 Å². The molecule has 0 N–H and O–H groups in total. The first-order valence-electron chi connectivity index (χ1n) is 7.93. The molecule has 0 spiro atoms. The highest BCUT2D eigenvalue weighted by Gasteiger charge is 2.65. The van der Waals surface area contributed by atoms with E-state index < -0.39 is 42.5 Å². The molecule has 0 saturated heterocycles. The van der Waals surface area contributed by atoms with E-state index in [-0.39, 0.29) is 17.0 Å². The number of aromatic nitrogens is 2. The van der Waals surface area contributed by atoms with Gasteiger partial charge in [0.1, 0.15) is 13.6 Å². The van der Waals surface area contributed by atoms with E-state index in [1.807, 2.05) is 0 Å². The molecule has 12 heteroatoms. The molecule has 5 nitrogen and oxygen atoms in total. The Balaban J connectivity index is 1.96. The molecule has 1 aromatic carbocycles. The molecule has 0 fully saturated rings. The lowest BCUT2D eigenvalue weighted by Crippen LogP contribution is -2.44. The average Bonchev–Trinajstić information content (AvgIpc) is 3.20. The Hall–Kier alpha value is -2.66. The van der Waals surface area contributed by atoms with Crippen molar-refractivity contribution in [1.29, 1.82) is 0 Å². The predicted molar refractivity (Wildman–Crippen MR) is 84.4 cm³/mol. The molecule has 4 rings (SSSR count). The molecule has 0 aliphatic carbocycles. The summed E-state index contributed by atoms with van der Waals surface area (Å²) in [7, 11) is 5.82. The number of halogens is 6. The number of ether oxygens (including phenoxy) is 1. The smallest absolute Gasteiger partial charge is 0.437 e. The predicted octanol–water partition coefficient (Wildman–Crippen LogP) is 2.94. The summed E-state index contributed by atoms with van der Waals surface area (Å²) < 4.78 is 87.3. The number of benzene rings is 1. The Labute approximate surface area is 155 Å². The normalized spacial score (nSPS) is 21.5. The van der Waals surface area contributed by atoms with Crippen molar-refractivity contribution in [2.75, 3.05) is 0 Å². The van der Waals surface area contributed by atoms with Crippen molar-refractivity contribution in [2.24, 2.45) is 5.16 Å². The van der Waals surface area contributed by atoms with Gasteiger partial charge < -0.3 is 9.57 Å². The van der Waals surface area contributed by atoms with Crippen LogP contribution in [0.2, 0.25) is 0 Å². The lowest BCUT2D eigenvalue weighted by molar-refractivity contribution is -0.278. The summed E-state index contributed by atoms with van der Waals surface area (Å²) in [5.74, 6) is 0.109. The highest BCUT2D eigenvalue weighted by molar-refractivity contribution is 6.33. The largest absolute Gasteiger partial charge is 0.470 e. The minimum Gasteiger partial charge on any atom is -0.470 e. The minimum atomic E-state index is -5.06. The third-order valence-electron chi connectivity index (χ3n) is 4.76. The highest BCUT2D eigenvalue weighted by atomic mass is 19.4. The van der Waals surface area contributed by atoms with Crippen molar-refractivity contribution in [3.8, 4) is 5.75 Å². The van der Waals surface area contributed by atoms with Crippen LogP contribution in [0.3, 0.4) is 0 Å². The van der Waals surface area contributed by atoms with Gasteiger partial charge in [0.15, 0.2) is 12.4 Å². The van der Waals surface area contributed by atoms with Crippen molar-refractivity contribution in [3.05, 3.63) is 40.7 Å². The van der Waals surface area contributed by atoms with Gasteiger partial charge in [0.05, 0.1) is 17.8 Å². The maximum atomic E-state index is 14.0. The van der Waals surface area contributed by atoms with E-state index in [0.717, 1.165) is 0 Å². The summed E-state index contributed by atoms with van der Waals surface area (Å²) in [4.78, 5) is 4.77. The molecule has 146 valence electrons. The Kier molecular flexibility index (Phi) is 3.79. The number of hydrogen-bond acceptors (Lipinski definition) is 4. The first-order valence-corrected chi connectivity index (χ1v) is 7.93. The quantitative estimate of drug-likeness (QED) is 0.504. The number of nitrogens with zero attached hydrogens (tertiary/aromatic N) is 3. The van der Waals surface area contributed by atoms with Gasteiger partial charge in [-0.05, 0) is 24.6 Å². The SMILES string of the molecule is [B]c1ccc2c(c1C)OCn1nc(C(F)(F)F)cc1C1(C(F)(F)F)CC2=NO1. The second kappa shape index (κ2) is 5.68. The molecule has 2 aliphatic heterocycles. The topological polar surface area (TPSA) is 48.6 Å². The monoisotopic (exact) mass is 401 g/mol. The third-order valence-corrected chi connectivity index (χ3v) is 4.76. The molecule has 2 radical (unpaired) electrons. The van der Waals surface area contributed by atoms with Crippen molar-refractivity contribution in [2.45, 2.75) is 38.0 Å². The molecule has 3 heterocycles. The standard InChI is InChI=1S/C16H10BF6N3O2/c1-7-9(17)3-2-8-10-5-14(28-25-10,16(21,22)23)12-4-11(15(18,19)20)24-26(12)6-27-13(7)8/h2-4H,5-6H2,1H3. The van der Waals surface area contributed by atoms with Gasteiger partial charge in [-0.1, -0.05) is 16.7 Å². The Morgan fingerprint density at radius 2 is 1.89 bits per heavy atom. The minimum absolute atomic E-state index is 0.109. The zero-order valence-corrected chi connectivity index (χ0v) is 14.1. The summed E-state index contributed by atoms with van der Waals surface area (Å²) in [6.07, 6.45) is -10.8. The Bertz CT molecular complexity index is 997. The summed E-state index contributed by atoms with van der Waals surface area (Å²) in [6, 6.07) is 3.22. The highest BCUT2D eigenvalue weighted by Crippen LogP contribution is 2.50. The molecular weight excluding hydrogens is 391 g/mol. The lowest BCUT2D eigenvalue weighted by atomic mass is 9.85. The van der Waals surface area contributed by atoms with E-state index >= 15 is 0 Å². The number of fused-ring (bicyclic) bond motifs is 6. The Morgan fingerprint density at radius 3 is 2.54 bits per heavy atom. The third kappa shape index (κ3) is 2.57. The van der Waals surface area contributed by atoms with Gasteiger partial charge in [-0.25, -0.2) is 4.68 Å². The first kappa shape index (κ1) is 18.7. The van der Waals surface area contributed by atoms with E-state index in [1.165, 1.54) is 12.1 Å². The molecular formula is C16H10BF6N3O2. The van der Waals surface area contributed by atoms with E-state index in [1.54, 1.807) is 6.92 Å². The lowest BCUT2D eigenvalue weighted by Gasteiger charge is -2.29. The van der Waals surface area contributed by atoms with Crippen LogP contribution in [-0.4, -0.2) is 29.5 Å². The number of alkyl halides is 6. The van der Waals surface area contributed by atoms with Crippen LogP contribution in [0.4, 0.5) is 26.3 Å². The van der Waals surface area contributed by atoms with Gasteiger partial charge in [0.25, 0.3) is 5.60 Å². The van der Waals surface area contributed by atoms with Crippen molar-refractivity contribution in [1.82, 2.24) is 9.78 Å². The number of hydrogen-bond donors (Lipinski definition) is 0. The van der Waals surface area contributed by atoms with Crippen LogP contribution < -0.4 is 10.2 Å². The van der Waals surface area contributed by atoms with E-state index in [9.17, 15) is 26.3 Å². The fourth-order valence-electron chi connectivity index (χ4n) is 3.24. The molecule has 28 heavy (non-hydrogen) atoms. The molecule has 1 aromatic heterocycles. The van der Waals surface area contributed by atoms with Crippen LogP contribution in [0.25, 0.3) is 0 Å². The number of rotatable bonds is 0. The molecule has 2 aromatic rings. The molecule has 1 atom stereocenters. The zero-order valence-electron chi connectivity index (χ0n) is 14.1. The second-order valence-electron chi connectivity index (χ2n) is 6.47. The van der Waals surface area contributed by atoms with Crippen molar-refractivity contribution >= 4 is 19.0 Å². The maximum absolute atomic E-state index is 14.0. The van der Waals surface area contributed by atoms with Crippen molar-refractivity contribution in [3.63, 3.8) is 0 Å². The van der Waals surface area contributed by atoms with Gasteiger partial charge in [-0.15, -0.1) is 0 Å². The molecule has 1 unspecified atom stereocenters. The van der Waals surface area contributed by atoms with E-state index in [0.29, 0.717) is 21.8 Å². The van der Waals surface area contributed by atoms with E-state index in [4.69, 9.17) is 17.4 Å². The summed E-state index contributed by atoms with van der Waals surface area (Å²) in [5, 5.41) is 6.80. The van der Waals surface area contributed by atoms with Gasteiger partial charge in [-0.2, -0.15) is 31.4 Å². The van der Waals surface area contributed by atoms with Gasteiger partial charge >= 0.3 is 12.4 Å². The fourth-order valence-corrected chi connectivity index (χ4v) is 3.24. The summed E-state index contributed by atoms with van der Waals surface area (Å²) >= 11 is 0. The average molecular weight is 401 g/mol. The van der Waals surface area contributed by atoms with Crippen molar-refractivity contribution < 1.29 is 35.9 Å². The molecule has 2 bridgehead atoms. The molecule has 2 aliphatic rings. The Morgan fingerprint density at radius 1 is 1.18 bits per heavy atom. The second-order valence-corrected chi connectivity index (χ2v) is 6.47. The zero-order chi connectivity index (χ0) is 20.5. The fraction of sp³-hybridized carbons (Fsp3) is 0.375. The summed E-state index contributed by atoms with van der Waals surface area (Å²) in [6.45, 7) is 0.877. The van der Waals surface area contributed by atoms with Crippen LogP contribution >= 0.6 is 0 Å². The van der Waals surface area contributed by atoms with Gasteiger partial charge in [-0.3, -0.25) is 0 Å². The van der Waals surface area contributed by atoms with Crippen LogP contribution in [0.5, 0.6) is 5.75 Å². The van der Waals surface area contributed by atoms with Crippen LogP contribution in [0.15, 0.2) is 23.4 Å². The van der Waals surface area contributed by atoms with Gasteiger partial charge in [0, 0.05) is 5.56 Å². The molecule has 0 amide bonds. The number of oxime groups is 1. The van der Waals surface area contributed by atoms with Gasteiger partial charge in [0.2, 0.25) is 0 Å². The first-order chi connectivity index (χ1) is 12.9.